The van der Waals surface area contributed by atoms with E-state index in [-0.39, 0.29) is 18.2 Å². The number of rotatable bonds is 9. The van der Waals surface area contributed by atoms with Gasteiger partial charge in [-0.2, -0.15) is 0 Å². The molecule has 3 aromatic carbocycles. The molecule has 0 unspecified atom stereocenters. The van der Waals surface area contributed by atoms with Crippen LogP contribution in [-0.4, -0.2) is 64.6 Å². The SMILES string of the molecule is Cc1ccc(N2CCN(CCc3nc4cc(NC(=O)COc5ccc([N+](=O)[O-])cc5)ccc4n3C)CC2)cc1. The lowest BCUT2D eigenvalue weighted by Gasteiger charge is -2.36. The first-order valence-electron chi connectivity index (χ1n) is 13.0. The van der Waals surface area contributed by atoms with Crippen molar-refractivity contribution in [1.29, 1.82) is 0 Å². The fraction of sp³-hybridized carbons (Fsp3) is 0.310. The summed E-state index contributed by atoms with van der Waals surface area (Å²) in [6.45, 7) is 6.93. The third-order valence-electron chi connectivity index (χ3n) is 7.10. The molecule has 0 spiro atoms. The van der Waals surface area contributed by atoms with E-state index in [1.165, 1.54) is 35.5 Å². The van der Waals surface area contributed by atoms with Gasteiger partial charge < -0.3 is 19.5 Å². The highest BCUT2D eigenvalue weighted by molar-refractivity contribution is 5.94. The number of nitrogens with one attached hydrogen (secondary N) is 1. The van der Waals surface area contributed by atoms with E-state index < -0.39 is 4.92 Å². The van der Waals surface area contributed by atoms with Crippen molar-refractivity contribution in [2.45, 2.75) is 13.3 Å². The number of benzene rings is 3. The van der Waals surface area contributed by atoms with Gasteiger partial charge in [-0.1, -0.05) is 17.7 Å². The van der Waals surface area contributed by atoms with E-state index in [1.807, 2.05) is 25.2 Å². The molecular formula is C29H32N6O4. The number of hydrogen-bond donors (Lipinski definition) is 1. The molecule has 1 fully saturated rings. The molecule has 0 aliphatic carbocycles. The van der Waals surface area contributed by atoms with Crippen LogP contribution in [0, 0.1) is 17.0 Å². The van der Waals surface area contributed by atoms with Crippen LogP contribution in [0.1, 0.15) is 11.4 Å². The summed E-state index contributed by atoms with van der Waals surface area (Å²) in [4.78, 5) is 32.4. The number of imidazole rings is 1. The number of non-ortho nitro benzene ring substituents is 1. The second-order valence-corrected chi connectivity index (χ2v) is 9.79. The average Bonchev–Trinajstić information content (AvgIpc) is 3.26. The number of fused-ring (bicyclic) bond motifs is 1. The smallest absolute Gasteiger partial charge is 0.269 e. The van der Waals surface area contributed by atoms with E-state index >= 15 is 0 Å². The topological polar surface area (TPSA) is 106 Å². The molecule has 0 atom stereocenters. The Balaban J connectivity index is 1.13. The number of anilines is 2. The minimum Gasteiger partial charge on any atom is -0.484 e. The summed E-state index contributed by atoms with van der Waals surface area (Å²) in [6.07, 6.45) is 0.848. The lowest BCUT2D eigenvalue weighted by atomic mass is 10.2. The van der Waals surface area contributed by atoms with Gasteiger partial charge in [0.05, 0.1) is 16.0 Å². The number of nitro groups is 1. The average molecular weight is 529 g/mol. The van der Waals surface area contributed by atoms with Gasteiger partial charge in [0.2, 0.25) is 0 Å². The molecule has 0 radical (unpaired) electrons. The van der Waals surface area contributed by atoms with Crippen molar-refractivity contribution in [1.82, 2.24) is 14.5 Å². The summed E-state index contributed by atoms with van der Waals surface area (Å²) in [7, 11) is 2.02. The maximum absolute atomic E-state index is 12.4. The van der Waals surface area contributed by atoms with E-state index in [0.29, 0.717) is 11.4 Å². The Morgan fingerprint density at radius 2 is 1.74 bits per heavy atom. The van der Waals surface area contributed by atoms with E-state index in [1.54, 1.807) is 0 Å². The van der Waals surface area contributed by atoms with Gasteiger partial charge in [-0.25, -0.2) is 4.98 Å². The summed E-state index contributed by atoms with van der Waals surface area (Å²) in [5.74, 6) is 1.07. The molecule has 1 amide bonds. The van der Waals surface area contributed by atoms with Crippen molar-refractivity contribution in [2.24, 2.45) is 7.05 Å². The van der Waals surface area contributed by atoms with Crippen LogP contribution in [0.25, 0.3) is 11.0 Å². The Labute approximate surface area is 227 Å². The number of piperazine rings is 1. The van der Waals surface area contributed by atoms with Crippen molar-refractivity contribution >= 4 is 34.0 Å². The van der Waals surface area contributed by atoms with E-state index in [2.05, 4.69) is 50.9 Å². The third kappa shape index (κ3) is 6.35. The van der Waals surface area contributed by atoms with Gasteiger partial charge in [0, 0.05) is 69.7 Å². The van der Waals surface area contributed by atoms with Crippen molar-refractivity contribution in [3.8, 4) is 5.75 Å². The molecule has 1 N–H and O–H groups in total. The molecule has 10 nitrogen and oxygen atoms in total. The van der Waals surface area contributed by atoms with E-state index in [0.717, 1.165) is 56.0 Å². The molecule has 39 heavy (non-hydrogen) atoms. The molecule has 1 saturated heterocycles. The first-order valence-corrected chi connectivity index (χ1v) is 13.0. The van der Waals surface area contributed by atoms with E-state index in [9.17, 15) is 14.9 Å². The standard InChI is InChI=1S/C29H32N6O4/c1-21-3-6-23(7-4-21)34-17-15-33(16-18-34)14-13-28-31-26-19-22(5-12-27(26)32(28)2)30-29(36)20-39-25-10-8-24(9-11-25)35(37)38/h3-12,19H,13-18,20H2,1-2H3,(H,30,36). The van der Waals surface area contributed by atoms with Gasteiger partial charge in [0.15, 0.2) is 6.61 Å². The first kappa shape index (κ1) is 26.2. The van der Waals surface area contributed by atoms with Crippen molar-refractivity contribution in [3.05, 3.63) is 88.2 Å². The lowest BCUT2D eigenvalue weighted by molar-refractivity contribution is -0.384. The van der Waals surface area contributed by atoms with Crippen LogP contribution >= 0.6 is 0 Å². The molecule has 0 saturated carbocycles. The molecule has 1 aromatic heterocycles. The summed E-state index contributed by atoms with van der Waals surface area (Å²) in [5, 5.41) is 13.6. The van der Waals surface area contributed by atoms with Gasteiger partial charge in [-0.3, -0.25) is 19.8 Å². The second-order valence-electron chi connectivity index (χ2n) is 9.79. The largest absolute Gasteiger partial charge is 0.484 e. The zero-order valence-corrected chi connectivity index (χ0v) is 22.2. The summed E-state index contributed by atoms with van der Waals surface area (Å²) < 4.78 is 7.56. The molecule has 1 aliphatic rings. The number of amides is 1. The molecule has 4 aromatic rings. The molecule has 5 rings (SSSR count). The second kappa shape index (κ2) is 11.5. The fourth-order valence-electron chi connectivity index (χ4n) is 4.80. The van der Waals surface area contributed by atoms with Crippen LogP contribution in [0.3, 0.4) is 0 Å². The van der Waals surface area contributed by atoms with Crippen LogP contribution < -0.4 is 15.0 Å². The molecular weight excluding hydrogens is 496 g/mol. The molecule has 202 valence electrons. The number of nitro benzene ring substituents is 1. The Morgan fingerprint density at radius 3 is 2.44 bits per heavy atom. The van der Waals surface area contributed by atoms with Gasteiger partial charge in [0.25, 0.3) is 11.6 Å². The quantitative estimate of drug-likeness (QED) is 0.257. The number of ether oxygens (including phenoxy) is 1. The van der Waals surface area contributed by atoms with Crippen LogP contribution in [0.4, 0.5) is 17.1 Å². The normalized spacial score (nSPS) is 13.9. The number of hydrogen-bond acceptors (Lipinski definition) is 7. The predicted molar refractivity (Wildman–Crippen MR) is 151 cm³/mol. The number of nitrogens with zero attached hydrogens (tertiary/aromatic N) is 5. The van der Waals surface area contributed by atoms with Crippen molar-refractivity contribution in [3.63, 3.8) is 0 Å². The number of carbonyl (C=O) groups is 1. The number of aryl methyl sites for hydroxylation is 2. The summed E-state index contributed by atoms with van der Waals surface area (Å²) in [5.41, 5.74) is 5.01. The molecule has 1 aliphatic heterocycles. The minimum absolute atomic E-state index is 0.0319. The van der Waals surface area contributed by atoms with Crippen LogP contribution in [0.15, 0.2) is 66.7 Å². The highest BCUT2D eigenvalue weighted by Gasteiger charge is 2.18. The molecule has 2 heterocycles. The monoisotopic (exact) mass is 528 g/mol. The Morgan fingerprint density at radius 1 is 1.03 bits per heavy atom. The highest BCUT2D eigenvalue weighted by Crippen LogP contribution is 2.22. The van der Waals surface area contributed by atoms with Gasteiger partial charge >= 0.3 is 0 Å². The minimum atomic E-state index is -0.483. The van der Waals surface area contributed by atoms with Crippen molar-refractivity contribution in [2.75, 3.05) is 49.5 Å². The predicted octanol–water partition coefficient (Wildman–Crippen LogP) is 4.17. The Kier molecular flexibility index (Phi) is 7.74. The number of aromatic nitrogens is 2. The number of carbonyl (C=O) groups excluding carboxylic acids is 1. The summed E-state index contributed by atoms with van der Waals surface area (Å²) >= 11 is 0. The van der Waals surface area contributed by atoms with E-state index in [4.69, 9.17) is 9.72 Å². The van der Waals surface area contributed by atoms with Crippen LogP contribution in [0.2, 0.25) is 0 Å². The summed E-state index contributed by atoms with van der Waals surface area (Å²) in [6, 6.07) is 20.0. The van der Waals surface area contributed by atoms with Crippen molar-refractivity contribution < 1.29 is 14.5 Å². The molecule has 0 bridgehead atoms. The van der Waals surface area contributed by atoms with Crippen LogP contribution in [-0.2, 0) is 18.3 Å². The third-order valence-corrected chi connectivity index (χ3v) is 7.10. The Hall–Kier alpha value is -4.44. The lowest BCUT2D eigenvalue weighted by Crippen LogP contribution is -2.47. The Bertz CT molecular complexity index is 1460. The van der Waals surface area contributed by atoms with Gasteiger partial charge in [0.1, 0.15) is 11.6 Å². The zero-order chi connectivity index (χ0) is 27.4. The van der Waals surface area contributed by atoms with Crippen LogP contribution in [0.5, 0.6) is 5.75 Å². The highest BCUT2D eigenvalue weighted by atomic mass is 16.6. The van der Waals surface area contributed by atoms with Gasteiger partial charge in [-0.05, 0) is 49.4 Å². The maximum Gasteiger partial charge on any atom is 0.269 e. The maximum atomic E-state index is 12.4. The molecule has 10 heteroatoms. The fourth-order valence-corrected chi connectivity index (χ4v) is 4.80. The van der Waals surface area contributed by atoms with Gasteiger partial charge in [-0.15, -0.1) is 0 Å². The zero-order valence-electron chi connectivity index (χ0n) is 22.2. The first-order chi connectivity index (χ1) is 18.9.